The molecule has 0 saturated heterocycles. The lowest BCUT2D eigenvalue weighted by molar-refractivity contribution is 0.0984. The second-order valence-corrected chi connectivity index (χ2v) is 6.36. The first kappa shape index (κ1) is 17.0. The lowest BCUT2D eigenvalue weighted by Gasteiger charge is -2.20. The molecule has 0 aliphatic rings. The van der Waals surface area contributed by atoms with E-state index < -0.39 is 0 Å². The topological polar surface area (TPSA) is 30.5 Å². The quantitative estimate of drug-likeness (QED) is 0.738. The normalized spacial score (nSPS) is 11.9. The zero-order valence-corrected chi connectivity index (χ0v) is 13.5. The fourth-order valence-electron chi connectivity index (χ4n) is 1.78. The molecule has 0 radical (unpaired) electrons. The van der Waals surface area contributed by atoms with Gasteiger partial charge in [-0.2, -0.15) is 0 Å². The Bertz CT molecular complexity index is 383. The van der Waals surface area contributed by atoms with Crippen LogP contribution in [-0.4, -0.2) is 31.9 Å². The van der Waals surface area contributed by atoms with Crippen LogP contribution in [0.15, 0.2) is 24.3 Å². The zero-order valence-electron chi connectivity index (χ0n) is 13.5. The van der Waals surface area contributed by atoms with Gasteiger partial charge in [0.1, 0.15) is 12.4 Å². The van der Waals surface area contributed by atoms with Gasteiger partial charge in [-0.25, -0.2) is 0 Å². The third-order valence-electron chi connectivity index (χ3n) is 2.92. The van der Waals surface area contributed by atoms with E-state index in [9.17, 15) is 0 Å². The second kappa shape index (κ2) is 8.28. The molecule has 0 amide bonds. The monoisotopic (exact) mass is 279 g/mol. The third kappa shape index (κ3) is 7.51. The first-order chi connectivity index (χ1) is 9.38. The Morgan fingerprint density at radius 2 is 1.85 bits per heavy atom. The van der Waals surface area contributed by atoms with Crippen LogP contribution in [0, 0.1) is 0 Å². The highest BCUT2D eigenvalue weighted by atomic mass is 16.5. The Morgan fingerprint density at radius 1 is 1.10 bits per heavy atom. The van der Waals surface area contributed by atoms with Gasteiger partial charge in [-0.05, 0) is 44.4 Å². The summed E-state index contributed by atoms with van der Waals surface area (Å²) in [4.78, 5) is 0. The number of ether oxygens (including phenoxy) is 2. The zero-order chi connectivity index (χ0) is 15.0. The maximum atomic E-state index is 5.70. The van der Waals surface area contributed by atoms with E-state index in [1.165, 1.54) is 5.56 Å². The molecule has 1 aromatic carbocycles. The van der Waals surface area contributed by atoms with Gasteiger partial charge in [0.2, 0.25) is 0 Å². The summed E-state index contributed by atoms with van der Waals surface area (Å²) in [5.41, 5.74) is 1.45. The van der Waals surface area contributed by atoms with Crippen molar-refractivity contribution in [3.05, 3.63) is 29.8 Å². The summed E-state index contributed by atoms with van der Waals surface area (Å²) < 4.78 is 11.2. The van der Waals surface area contributed by atoms with E-state index in [1.54, 1.807) is 0 Å². The van der Waals surface area contributed by atoms with E-state index in [1.807, 2.05) is 12.1 Å². The molecule has 1 N–H and O–H groups in total. The number of hydrogen-bond acceptors (Lipinski definition) is 3. The van der Waals surface area contributed by atoms with Gasteiger partial charge < -0.3 is 14.8 Å². The van der Waals surface area contributed by atoms with Crippen LogP contribution in [0.25, 0.3) is 0 Å². The Balaban J connectivity index is 2.14. The molecule has 3 heteroatoms. The average molecular weight is 279 g/mol. The Kier molecular flexibility index (Phi) is 7.03. The minimum absolute atomic E-state index is 0.150. The third-order valence-corrected chi connectivity index (χ3v) is 2.92. The van der Waals surface area contributed by atoms with E-state index in [0.29, 0.717) is 25.7 Å². The van der Waals surface area contributed by atoms with Gasteiger partial charge >= 0.3 is 0 Å². The van der Waals surface area contributed by atoms with Gasteiger partial charge in [-0.1, -0.05) is 26.0 Å². The molecule has 0 spiro atoms. The smallest absolute Gasteiger partial charge is 0.119 e. The molecule has 20 heavy (non-hydrogen) atoms. The van der Waals surface area contributed by atoms with Gasteiger partial charge in [0, 0.05) is 12.1 Å². The maximum absolute atomic E-state index is 5.70. The molecule has 0 aliphatic carbocycles. The molecular weight excluding hydrogens is 250 g/mol. The molecule has 0 aliphatic heterocycles. The first-order valence-corrected chi connectivity index (χ1v) is 7.44. The largest absolute Gasteiger partial charge is 0.491 e. The van der Waals surface area contributed by atoms with Gasteiger partial charge in [0.25, 0.3) is 0 Å². The highest BCUT2D eigenvalue weighted by Gasteiger charge is 2.07. The highest BCUT2D eigenvalue weighted by molar-refractivity contribution is 5.30. The van der Waals surface area contributed by atoms with Crippen LogP contribution >= 0.6 is 0 Å². The van der Waals surface area contributed by atoms with Crippen molar-refractivity contribution in [1.82, 2.24) is 5.32 Å². The number of benzene rings is 1. The molecule has 0 saturated carbocycles. The minimum Gasteiger partial charge on any atom is -0.491 e. The lowest BCUT2D eigenvalue weighted by Crippen LogP contribution is -2.38. The van der Waals surface area contributed by atoms with Crippen LogP contribution in [0.3, 0.4) is 0 Å². The van der Waals surface area contributed by atoms with Crippen molar-refractivity contribution >= 4 is 0 Å². The van der Waals surface area contributed by atoms with E-state index in [4.69, 9.17) is 9.47 Å². The van der Waals surface area contributed by atoms with E-state index >= 15 is 0 Å². The lowest BCUT2D eigenvalue weighted by atomic mass is 10.0. The summed E-state index contributed by atoms with van der Waals surface area (Å²) in [6.07, 6.45) is 0. The molecule has 1 aromatic rings. The number of nitrogens with one attached hydrogen (secondary N) is 1. The molecule has 0 unspecified atom stereocenters. The van der Waals surface area contributed by atoms with Crippen molar-refractivity contribution in [3.63, 3.8) is 0 Å². The summed E-state index contributed by atoms with van der Waals surface area (Å²) in [6, 6.07) is 8.27. The van der Waals surface area contributed by atoms with Crippen LogP contribution < -0.4 is 10.1 Å². The van der Waals surface area contributed by atoms with E-state index in [-0.39, 0.29) is 5.54 Å². The summed E-state index contributed by atoms with van der Waals surface area (Å²) in [6.45, 7) is 13.6. The minimum atomic E-state index is 0.150. The fourth-order valence-corrected chi connectivity index (χ4v) is 1.78. The molecule has 114 valence electrons. The number of hydrogen-bond donors (Lipinski definition) is 1. The predicted molar refractivity (Wildman–Crippen MR) is 84.6 cm³/mol. The Labute approximate surface area is 123 Å². The van der Waals surface area contributed by atoms with Crippen molar-refractivity contribution in [3.8, 4) is 5.75 Å². The maximum Gasteiger partial charge on any atom is 0.119 e. The second-order valence-electron chi connectivity index (χ2n) is 6.36. The van der Waals surface area contributed by atoms with Crippen molar-refractivity contribution in [2.24, 2.45) is 0 Å². The van der Waals surface area contributed by atoms with Crippen molar-refractivity contribution in [1.29, 1.82) is 0 Å². The molecule has 0 atom stereocenters. The predicted octanol–water partition coefficient (Wildman–Crippen LogP) is 3.59. The fraction of sp³-hybridized carbons (Fsp3) is 0.647. The van der Waals surface area contributed by atoms with Crippen molar-refractivity contribution in [2.45, 2.75) is 46.1 Å². The summed E-state index contributed by atoms with van der Waals surface area (Å²) in [7, 11) is 0. The van der Waals surface area contributed by atoms with Gasteiger partial charge in [-0.15, -0.1) is 0 Å². The van der Waals surface area contributed by atoms with Gasteiger partial charge in [0.05, 0.1) is 13.2 Å². The van der Waals surface area contributed by atoms with Gasteiger partial charge in [0.15, 0.2) is 0 Å². The molecule has 0 aromatic heterocycles. The molecule has 3 nitrogen and oxygen atoms in total. The van der Waals surface area contributed by atoms with Crippen molar-refractivity contribution < 1.29 is 9.47 Å². The summed E-state index contributed by atoms with van der Waals surface area (Å²) >= 11 is 0. The molecule has 0 bridgehead atoms. The molecular formula is C17H29NO2. The Morgan fingerprint density at radius 3 is 2.50 bits per heavy atom. The van der Waals surface area contributed by atoms with Gasteiger partial charge in [-0.3, -0.25) is 0 Å². The number of rotatable bonds is 8. The standard InChI is InChI=1S/C17H29NO2/c1-14(2)15-7-6-8-16(13-15)20-12-11-19-10-9-18-17(3,4)5/h6-8,13-14,18H,9-12H2,1-5H3. The van der Waals surface area contributed by atoms with E-state index in [0.717, 1.165) is 12.3 Å². The molecule has 0 heterocycles. The van der Waals surface area contributed by atoms with E-state index in [2.05, 4.69) is 52.1 Å². The summed E-state index contributed by atoms with van der Waals surface area (Å²) in [5, 5.41) is 3.38. The van der Waals surface area contributed by atoms with Crippen LogP contribution in [0.2, 0.25) is 0 Å². The first-order valence-electron chi connectivity index (χ1n) is 7.44. The van der Waals surface area contributed by atoms with Crippen LogP contribution in [0.5, 0.6) is 5.75 Å². The Hall–Kier alpha value is -1.06. The SMILES string of the molecule is CC(C)c1cccc(OCCOCCNC(C)(C)C)c1. The van der Waals surface area contributed by atoms with Crippen molar-refractivity contribution in [2.75, 3.05) is 26.4 Å². The molecule has 1 rings (SSSR count). The summed E-state index contributed by atoms with van der Waals surface area (Å²) in [5.74, 6) is 1.45. The van der Waals surface area contributed by atoms with Crippen LogP contribution in [0.1, 0.15) is 46.1 Å². The molecule has 0 fully saturated rings. The van der Waals surface area contributed by atoms with Crippen LogP contribution in [-0.2, 0) is 4.74 Å². The highest BCUT2D eigenvalue weighted by Crippen LogP contribution is 2.19. The average Bonchev–Trinajstić information content (AvgIpc) is 2.36. The van der Waals surface area contributed by atoms with Crippen LogP contribution in [0.4, 0.5) is 0 Å².